The normalized spacial score (nSPS) is 18.1. The lowest BCUT2D eigenvalue weighted by Gasteiger charge is -2.12. The first-order valence-electron chi connectivity index (χ1n) is 6.34. The topological polar surface area (TPSA) is 87.7 Å². The Morgan fingerprint density at radius 1 is 1.35 bits per heavy atom. The summed E-state index contributed by atoms with van der Waals surface area (Å²) in [6, 6.07) is 7.07. The third-order valence-corrected chi connectivity index (χ3v) is 2.97. The first-order valence-corrected chi connectivity index (χ1v) is 6.34. The minimum atomic E-state index is -0.634. The summed E-state index contributed by atoms with van der Waals surface area (Å²) in [4.78, 5) is 23.0. The fourth-order valence-electron chi connectivity index (χ4n) is 1.96. The molecule has 1 aliphatic heterocycles. The van der Waals surface area contributed by atoms with Crippen LogP contribution in [0.3, 0.4) is 0 Å². The van der Waals surface area contributed by atoms with E-state index in [9.17, 15) is 9.59 Å². The predicted octanol–water partition coefficient (Wildman–Crippen LogP) is 1.32. The molecule has 1 aromatic carbocycles. The summed E-state index contributed by atoms with van der Waals surface area (Å²) in [7, 11) is 0. The van der Waals surface area contributed by atoms with Crippen molar-refractivity contribution < 1.29 is 19.5 Å². The summed E-state index contributed by atoms with van der Waals surface area (Å²) < 4.78 is 5.32. The lowest BCUT2D eigenvalue weighted by molar-refractivity contribution is -0.125. The van der Waals surface area contributed by atoms with Crippen molar-refractivity contribution in [3.63, 3.8) is 0 Å². The van der Waals surface area contributed by atoms with Crippen LogP contribution in [0.4, 0.5) is 5.69 Å². The van der Waals surface area contributed by atoms with Crippen LogP contribution in [0, 0.1) is 0 Å². The smallest absolute Gasteiger partial charge is 0.267 e. The van der Waals surface area contributed by atoms with Crippen molar-refractivity contribution in [3.8, 4) is 0 Å². The Bertz CT molecular complexity index is 522. The second kappa shape index (κ2) is 6.83. The highest BCUT2D eigenvalue weighted by Gasteiger charge is 2.23. The number of para-hydroxylation sites is 1. The molecule has 20 heavy (non-hydrogen) atoms. The van der Waals surface area contributed by atoms with Crippen molar-refractivity contribution in [1.29, 1.82) is 0 Å². The van der Waals surface area contributed by atoms with E-state index in [0.29, 0.717) is 17.9 Å². The molecular formula is C14H16N2O4. The Morgan fingerprint density at radius 2 is 2.15 bits per heavy atom. The van der Waals surface area contributed by atoms with Gasteiger partial charge in [0.15, 0.2) is 0 Å². The van der Waals surface area contributed by atoms with E-state index < -0.39 is 12.0 Å². The monoisotopic (exact) mass is 276 g/mol. The highest BCUT2D eigenvalue weighted by atomic mass is 16.5. The third-order valence-electron chi connectivity index (χ3n) is 2.97. The third kappa shape index (κ3) is 3.66. The van der Waals surface area contributed by atoms with E-state index in [1.165, 1.54) is 17.6 Å². The van der Waals surface area contributed by atoms with Gasteiger partial charge in [0.25, 0.3) is 11.8 Å². The Labute approximate surface area is 116 Å². The highest BCUT2D eigenvalue weighted by molar-refractivity contribution is 5.97. The Balaban J connectivity index is 2.09. The zero-order valence-corrected chi connectivity index (χ0v) is 10.8. The Hall–Kier alpha value is -2.18. The van der Waals surface area contributed by atoms with Crippen LogP contribution in [-0.4, -0.2) is 29.7 Å². The van der Waals surface area contributed by atoms with Gasteiger partial charge in [-0.15, -0.1) is 0 Å². The van der Waals surface area contributed by atoms with Gasteiger partial charge in [-0.3, -0.25) is 14.8 Å². The van der Waals surface area contributed by atoms with Gasteiger partial charge in [-0.2, -0.15) is 0 Å². The molecule has 0 spiro atoms. The van der Waals surface area contributed by atoms with E-state index in [-0.39, 0.29) is 5.91 Å². The number of ether oxygens (including phenoxy) is 1. The quantitative estimate of drug-likeness (QED) is 0.440. The molecule has 106 valence electrons. The maximum atomic E-state index is 12.0. The SMILES string of the molecule is O=C(C=Cc1ccccc1NC(=O)C1CCCO1)NO. The van der Waals surface area contributed by atoms with Crippen LogP contribution >= 0.6 is 0 Å². The predicted molar refractivity (Wildman–Crippen MR) is 73.0 cm³/mol. The number of anilines is 1. The van der Waals surface area contributed by atoms with E-state index in [0.717, 1.165) is 12.8 Å². The molecule has 1 atom stereocenters. The number of carbonyl (C=O) groups is 2. The van der Waals surface area contributed by atoms with E-state index in [1.54, 1.807) is 24.3 Å². The lowest BCUT2D eigenvalue weighted by atomic mass is 10.1. The number of nitrogens with one attached hydrogen (secondary N) is 2. The van der Waals surface area contributed by atoms with Gasteiger partial charge >= 0.3 is 0 Å². The lowest BCUT2D eigenvalue weighted by Crippen LogP contribution is -2.27. The molecule has 0 saturated carbocycles. The van der Waals surface area contributed by atoms with Gasteiger partial charge in [0.1, 0.15) is 6.10 Å². The summed E-state index contributed by atoms with van der Waals surface area (Å²) in [5, 5.41) is 11.2. The van der Waals surface area contributed by atoms with E-state index in [2.05, 4.69) is 5.32 Å². The molecule has 1 heterocycles. The van der Waals surface area contributed by atoms with Crippen LogP contribution in [0.5, 0.6) is 0 Å². The van der Waals surface area contributed by atoms with Gasteiger partial charge in [-0.25, -0.2) is 5.48 Å². The molecule has 6 heteroatoms. The molecule has 0 aromatic heterocycles. The molecule has 6 nitrogen and oxygen atoms in total. The van der Waals surface area contributed by atoms with Crippen molar-refractivity contribution in [1.82, 2.24) is 5.48 Å². The molecule has 2 amide bonds. The molecule has 1 unspecified atom stereocenters. The summed E-state index contributed by atoms with van der Waals surface area (Å²) in [5.41, 5.74) is 2.77. The van der Waals surface area contributed by atoms with Crippen molar-refractivity contribution in [3.05, 3.63) is 35.9 Å². The zero-order chi connectivity index (χ0) is 14.4. The second-order valence-corrected chi connectivity index (χ2v) is 4.39. The van der Waals surface area contributed by atoms with Gasteiger partial charge < -0.3 is 10.1 Å². The minimum absolute atomic E-state index is 0.185. The first kappa shape index (κ1) is 14.2. The van der Waals surface area contributed by atoms with Gasteiger partial charge in [-0.1, -0.05) is 18.2 Å². The summed E-state index contributed by atoms with van der Waals surface area (Å²) in [6.45, 7) is 0.607. The van der Waals surface area contributed by atoms with Crippen LogP contribution in [0.1, 0.15) is 18.4 Å². The van der Waals surface area contributed by atoms with Crippen LogP contribution in [-0.2, 0) is 14.3 Å². The van der Waals surface area contributed by atoms with Gasteiger partial charge in [0.2, 0.25) is 0 Å². The van der Waals surface area contributed by atoms with Gasteiger partial charge in [0.05, 0.1) is 0 Å². The number of hydrogen-bond acceptors (Lipinski definition) is 4. The number of carbonyl (C=O) groups excluding carboxylic acids is 2. The minimum Gasteiger partial charge on any atom is -0.368 e. The first-order chi connectivity index (χ1) is 9.70. The summed E-state index contributed by atoms with van der Waals surface area (Å²) in [5.74, 6) is -0.819. The van der Waals surface area contributed by atoms with Crippen molar-refractivity contribution in [2.24, 2.45) is 0 Å². The largest absolute Gasteiger partial charge is 0.368 e. The molecule has 2 rings (SSSR count). The fraction of sp³-hybridized carbons (Fsp3) is 0.286. The van der Waals surface area contributed by atoms with E-state index in [1.807, 2.05) is 0 Å². The molecule has 1 fully saturated rings. The van der Waals surface area contributed by atoms with Crippen molar-refractivity contribution >= 4 is 23.6 Å². The van der Waals surface area contributed by atoms with Gasteiger partial charge in [0, 0.05) is 18.4 Å². The standard InChI is InChI=1S/C14H16N2O4/c17-13(16-19)8-7-10-4-1-2-5-11(10)15-14(18)12-6-3-9-20-12/h1-2,4-5,7-8,12,19H,3,6,9H2,(H,15,18)(H,16,17). The number of hydrogen-bond donors (Lipinski definition) is 3. The molecular weight excluding hydrogens is 260 g/mol. The van der Waals surface area contributed by atoms with Gasteiger partial charge in [-0.05, 0) is 30.5 Å². The zero-order valence-electron chi connectivity index (χ0n) is 10.8. The van der Waals surface area contributed by atoms with Crippen LogP contribution in [0.15, 0.2) is 30.3 Å². The highest BCUT2D eigenvalue weighted by Crippen LogP contribution is 2.19. The fourth-order valence-corrected chi connectivity index (χ4v) is 1.96. The van der Waals surface area contributed by atoms with E-state index >= 15 is 0 Å². The molecule has 1 aromatic rings. The van der Waals surface area contributed by atoms with E-state index in [4.69, 9.17) is 9.94 Å². The molecule has 3 N–H and O–H groups in total. The average molecular weight is 276 g/mol. The number of rotatable bonds is 4. The van der Waals surface area contributed by atoms with Crippen molar-refractivity contribution in [2.75, 3.05) is 11.9 Å². The number of amides is 2. The number of benzene rings is 1. The average Bonchev–Trinajstić information content (AvgIpc) is 3.00. The Morgan fingerprint density at radius 3 is 2.85 bits per heavy atom. The second-order valence-electron chi connectivity index (χ2n) is 4.39. The summed E-state index contributed by atoms with van der Waals surface area (Å²) in [6.07, 6.45) is 3.88. The molecule has 0 radical (unpaired) electrons. The number of hydroxylamine groups is 1. The molecule has 0 bridgehead atoms. The van der Waals surface area contributed by atoms with Crippen molar-refractivity contribution in [2.45, 2.75) is 18.9 Å². The molecule has 0 aliphatic carbocycles. The maximum Gasteiger partial charge on any atom is 0.267 e. The summed E-state index contributed by atoms with van der Waals surface area (Å²) >= 11 is 0. The van der Waals surface area contributed by atoms with Crippen LogP contribution in [0.25, 0.3) is 6.08 Å². The Kier molecular flexibility index (Phi) is 4.86. The molecule has 1 aliphatic rings. The maximum absolute atomic E-state index is 12.0. The van der Waals surface area contributed by atoms with Crippen LogP contribution < -0.4 is 10.8 Å². The molecule has 1 saturated heterocycles. The van der Waals surface area contributed by atoms with Crippen LogP contribution in [0.2, 0.25) is 0 Å².